The number of hydrogen-bond acceptors (Lipinski definition) is 6. The van der Waals surface area contributed by atoms with Crippen molar-refractivity contribution in [1.82, 2.24) is 0 Å². The van der Waals surface area contributed by atoms with E-state index in [1.165, 1.54) is 4.90 Å². The quantitative estimate of drug-likeness (QED) is 0.250. The number of halogens is 1. The summed E-state index contributed by atoms with van der Waals surface area (Å²) in [6.07, 6.45) is -0.0103. The van der Waals surface area contributed by atoms with Crippen LogP contribution in [-0.2, 0) is 4.79 Å². The normalized spacial score (nSPS) is 15.6. The van der Waals surface area contributed by atoms with E-state index in [1.807, 2.05) is 26.0 Å². The van der Waals surface area contributed by atoms with Crippen LogP contribution < -0.4 is 14.4 Å². The molecule has 8 heteroatoms. The van der Waals surface area contributed by atoms with Gasteiger partial charge in [-0.1, -0.05) is 28.1 Å². The van der Waals surface area contributed by atoms with Crippen molar-refractivity contribution in [3.8, 4) is 11.5 Å². The van der Waals surface area contributed by atoms with E-state index >= 15 is 0 Å². The van der Waals surface area contributed by atoms with Gasteiger partial charge in [0, 0.05) is 15.5 Å². The van der Waals surface area contributed by atoms with Crippen LogP contribution in [0, 0.1) is 0 Å². The lowest BCUT2D eigenvalue weighted by Crippen LogP contribution is -2.31. The minimum Gasteiger partial charge on any atom is -0.503 e. The molecule has 1 atom stereocenters. The molecule has 1 unspecified atom stereocenters. The lowest BCUT2D eigenvalue weighted by molar-refractivity contribution is -0.117. The number of aliphatic hydroxyl groups excluding tert-OH is 1. The van der Waals surface area contributed by atoms with Crippen LogP contribution >= 0.6 is 15.9 Å². The Morgan fingerprint density at radius 2 is 1.68 bits per heavy atom. The SMILES string of the molecule is COc1ccc(N2C(=O)C(O)=C(C(=O)c3cc4cc(Br)ccc4o3)C2c2ccc(OC(C)C)cc2)cc1. The highest BCUT2D eigenvalue weighted by molar-refractivity contribution is 9.10. The van der Waals surface area contributed by atoms with E-state index in [-0.39, 0.29) is 17.4 Å². The number of hydrogen-bond donors (Lipinski definition) is 1. The lowest BCUT2D eigenvalue weighted by atomic mass is 9.94. The lowest BCUT2D eigenvalue weighted by Gasteiger charge is -2.27. The third-order valence-electron chi connectivity index (χ3n) is 6.07. The van der Waals surface area contributed by atoms with Crippen LogP contribution in [0.15, 0.2) is 93.0 Å². The van der Waals surface area contributed by atoms with Crippen molar-refractivity contribution in [2.24, 2.45) is 0 Å². The Morgan fingerprint density at radius 1 is 1.00 bits per heavy atom. The number of fused-ring (bicyclic) bond motifs is 1. The van der Waals surface area contributed by atoms with Gasteiger partial charge in [0.05, 0.1) is 24.8 Å². The van der Waals surface area contributed by atoms with Gasteiger partial charge in [-0.2, -0.15) is 0 Å². The van der Waals surface area contributed by atoms with Gasteiger partial charge in [-0.05, 0) is 80.1 Å². The summed E-state index contributed by atoms with van der Waals surface area (Å²) in [5, 5.41) is 11.7. The van der Waals surface area contributed by atoms with Gasteiger partial charge in [-0.25, -0.2) is 0 Å². The molecular weight excluding hydrogens is 538 g/mol. The molecule has 5 rings (SSSR count). The molecule has 1 N–H and O–H groups in total. The average Bonchev–Trinajstić information content (AvgIpc) is 3.42. The Balaban J connectivity index is 1.61. The topological polar surface area (TPSA) is 89.2 Å². The number of amides is 1. The Labute approximate surface area is 222 Å². The van der Waals surface area contributed by atoms with Crippen LogP contribution in [0.1, 0.15) is 36.0 Å². The highest BCUT2D eigenvalue weighted by Crippen LogP contribution is 2.43. The summed E-state index contributed by atoms with van der Waals surface area (Å²) < 4.78 is 17.7. The van der Waals surface area contributed by atoms with Crippen molar-refractivity contribution < 1.29 is 28.6 Å². The van der Waals surface area contributed by atoms with Crippen LogP contribution in [0.2, 0.25) is 0 Å². The molecule has 188 valence electrons. The maximum atomic E-state index is 13.8. The second kappa shape index (κ2) is 9.78. The predicted molar refractivity (Wildman–Crippen MR) is 143 cm³/mol. The van der Waals surface area contributed by atoms with Crippen LogP contribution in [-0.4, -0.2) is 30.0 Å². The summed E-state index contributed by atoms with van der Waals surface area (Å²) in [7, 11) is 1.55. The fourth-order valence-corrected chi connectivity index (χ4v) is 4.80. The van der Waals surface area contributed by atoms with Crippen LogP contribution in [0.4, 0.5) is 5.69 Å². The summed E-state index contributed by atoms with van der Waals surface area (Å²) >= 11 is 3.42. The van der Waals surface area contributed by atoms with E-state index < -0.39 is 23.5 Å². The average molecular weight is 562 g/mol. The molecule has 0 spiro atoms. The third-order valence-corrected chi connectivity index (χ3v) is 6.57. The smallest absolute Gasteiger partial charge is 0.294 e. The molecule has 1 aliphatic heterocycles. The van der Waals surface area contributed by atoms with E-state index in [2.05, 4.69) is 15.9 Å². The summed E-state index contributed by atoms with van der Waals surface area (Å²) in [4.78, 5) is 28.6. The molecule has 0 saturated heterocycles. The van der Waals surface area contributed by atoms with E-state index in [1.54, 1.807) is 67.8 Å². The molecule has 0 saturated carbocycles. The number of anilines is 1. The van der Waals surface area contributed by atoms with Gasteiger partial charge < -0.3 is 19.0 Å². The summed E-state index contributed by atoms with van der Waals surface area (Å²) in [6.45, 7) is 3.86. The zero-order valence-electron chi connectivity index (χ0n) is 20.4. The number of ether oxygens (including phenoxy) is 2. The third kappa shape index (κ3) is 4.60. The summed E-state index contributed by atoms with van der Waals surface area (Å²) in [5.74, 6) is -0.563. The highest BCUT2D eigenvalue weighted by atomic mass is 79.9. The van der Waals surface area contributed by atoms with Crippen LogP contribution in [0.3, 0.4) is 0 Å². The fourth-order valence-electron chi connectivity index (χ4n) is 4.42. The van der Waals surface area contributed by atoms with Gasteiger partial charge in [0.25, 0.3) is 5.91 Å². The van der Waals surface area contributed by atoms with E-state index in [0.717, 1.165) is 9.86 Å². The van der Waals surface area contributed by atoms with E-state index in [0.29, 0.717) is 28.3 Å². The molecule has 1 aliphatic rings. The van der Waals surface area contributed by atoms with Gasteiger partial charge in [0.2, 0.25) is 5.78 Å². The molecule has 0 fully saturated rings. The van der Waals surface area contributed by atoms with Crippen molar-refractivity contribution in [3.63, 3.8) is 0 Å². The maximum Gasteiger partial charge on any atom is 0.294 e. The number of benzene rings is 3. The van der Waals surface area contributed by atoms with Crippen molar-refractivity contribution >= 4 is 44.3 Å². The predicted octanol–water partition coefficient (Wildman–Crippen LogP) is 6.77. The molecular formula is C29H24BrNO6. The highest BCUT2D eigenvalue weighted by Gasteiger charge is 2.45. The molecule has 0 aliphatic carbocycles. The van der Waals surface area contributed by atoms with Crippen molar-refractivity contribution in [2.45, 2.75) is 26.0 Å². The number of rotatable bonds is 7. The van der Waals surface area contributed by atoms with E-state index in [9.17, 15) is 14.7 Å². The summed E-state index contributed by atoms with van der Waals surface area (Å²) in [6, 6.07) is 20.1. The van der Waals surface area contributed by atoms with Gasteiger partial charge in [-0.3, -0.25) is 14.5 Å². The van der Waals surface area contributed by atoms with Crippen LogP contribution in [0.5, 0.6) is 11.5 Å². The first-order chi connectivity index (χ1) is 17.8. The Hall–Kier alpha value is -4.04. The first-order valence-corrected chi connectivity index (χ1v) is 12.5. The monoisotopic (exact) mass is 561 g/mol. The number of nitrogens with zero attached hydrogens (tertiary/aromatic N) is 1. The second-order valence-corrected chi connectivity index (χ2v) is 9.81. The molecule has 7 nitrogen and oxygen atoms in total. The number of aliphatic hydroxyl groups is 1. The minimum absolute atomic E-state index is 0.0103. The largest absolute Gasteiger partial charge is 0.503 e. The molecule has 4 aromatic rings. The van der Waals surface area contributed by atoms with Gasteiger partial charge in [0.15, 0.2) is 11.5 Å². The van der Waals surface area contributed by atoms with Crippen molar-refractivity contribution in [1.29, 1.82) is 0 Å². The standard InChI is InChI=1S/C29H24BrNO6/c1-16(2)36-22-9-4-17(5-10-22)26-25(27(32)24-15-18-14-19(30)6-13-23(18)37-24)28(33)29(34)31(26)20-7-11-21(35-3)12-8-20/h4-16,26,33H,1-3H3. The maximum absolute atomic E-state index is 13.8. The Morgan fingerprint density at radius 3 is 2.32 bits per heavy atom. The molecule has 0 radical (unpaired) electrons. The number of ketones is 1. The first kappa shape index (κ1) is 24.6. The number of carbonyl (C=O) groups excluding carboxylic acids is 2. The fraction of sp³-hybridized carbons (Fsp3) is 0.172. The Kier molecular flexibility index (Phi) is 6.52. The van der Waals surface area contributed by atoms with Gasteiger partial charge in [-0.15, -0.1) is 0 Å². The summed E-state index contributed by atoms with van der Waals surface area (Å²) in [5.41, 5.74) is 1.60. The van der Waals surface area contributed by atoms with Gasteiger partial charge >= 0.3 is 0 Å². The molecule has 1 aromatic heterocycles. The second-order valence-electron chi connectivity index (χ2n) is 8.90. The molecule has 1 amide bonds. The number of Topliss-reactive ketones (excluding diaryl/α,β-unsaturated/α-hetero) is 1. The number of methoxy groups -OCH3 is 1. The van der Waals surface area contributed by atoms with Crippen molar-refractivity contribution in [3.05, 3.63) is 99.9 Å². The molecule has 3 aromatic carbocycles. The van der Waals surface area contributed by atoms with Gasteiger partial charge in [0.1, 0.15) is 17.1 Å². The number of carbonyl (C=O) groups is 2. The molecule has 2 heterocycles. The Bertz CT molecular complexity index is 1520. The molecule has 37 heavy (non-hydrogen) atoms. The molecule has 0 bridgehead atoms. The minimum atomic E-state index is -0.888. The van der Waals surface area contributed by atoms with Crippen molar-refractivity contribution in [2.75, 3.05) is 12.0 Å². The number of furan rings is 1. The zero-order chi connectivity index (χ0) is 26.3. The zero-order valence-corrected chi connectivity index (χ0v) is 22.0. The first-order valence-electron chi connectivity index (χ1n) is 11.7. The van der Waals surface area contributed by atoms with E-state index in [4.69, 9.17) is 13.9 Å². The van der Waals surface area contributed by atoms with Crippen LogP contribution in [0.25, 0.3) is 11.0 Å².